The Morgan fingerprint density at radius 1 is 1.10 bits per heavy atom. The lowest BCUT2D eigenvalue weighted by molar-refractivity contribution is 0.100. The van der Waals surface area contributed by atoms with Crippen LogP contribution < -0.4 is 9.64 Å². The van der Waals surface area contributed by atoms with Gasteiger partial charge in [0.05, 0.1) is 13.7 Å². The second-order valence-electron chi connectivity index (χ2n) is 4.71. The van der Waals surface area contributed by atoms with Gasteiger partial charge in [0.1, 0.15) is 5.75 Å². The molecule has 0 atom stereocenters. The van der Waals surface area contributed by atoms with E-state index >= 15 is 0 Å². The number of anilines is 1. The minimum Gasteiger partial charge on any atom is -0.497 e. The first kappa shape index (κ1) is 15.4. The van der Waals surface area contributed by atoms with Crippen molar-refractivity contribution in [2.75, 3.05) is 31.9 Å². The molecule has 2 rings (SSSR count). The summed E-state index contributed by atoms with van der Waals surface area (Å²) in [7, 11) is 3.55. The number of ether oxygens (including phenoxy) is 1. The summed E-state index contributed by atoms with van der Waals surface area (Å²) in [4.78, 5) is 15.4. The van der Waals surface area contributed by atoms with Crippen LogP contribution in [0, 0.1) is 0 Å². The van der Waals surface area contributed by atoms with E-state index in [9.17, 15) is 4.79 Å². The Kier molecular flexibility index (Phi) is 5.28. The van der Waals surface area contributed by atoms with Gasteiger partial charge in [-0.25, -0.2) is 0 Å². The van der Waals surface area contributed by atoms with Crippen molar-refractivity contribution in [1.82, 2.24) is 0 Å². The number of methoxy groups -OCH3 is 1. The first-order chi connectivity index (χ1) is 10.1. The minimum atomic E-state index is 0.112. The lowest BCUT2D eigenvalue weighted by atomic mass is 10.1. The highest BCUT2D eigenvalue weighted by molar-refractivity contribution is 7.98. The second-order valence-corrected chi connectivity index (χ2v) is 5.59. The van der Waals surface area contributed by atoms with Crippen LogP contribution >= 0.6 is 11.8 Å². The van der Waals surface area contributed by atoms with Crippen LogP contribution in [0.5, 0.6) is 5.75 Å². The molecule has 0 aliphatic heterocycles. The van der Waals surface area contributed by atoms with Crippen LogP contribution in [0.25, 0.3) is 0 Å². The van der Waals surface area contributed by atoms with Crippen LogP contribution in [-0.4, -0.2) is 32.7 Å². The van der Waals surface area contributed by atoms with Crippen molar-refractivity contribution >= 4 is 23.2 Å². The SMILES string of the molecule is COc1ccc(N(C)CC(=O)c2ccc(SC)cc2)cc1. The molecule has 0 amide bonds. The van der Waals surface area contributed by atoms with E-state index in [-0.39, 0.29) is 5.78 Å². The van der Waals surface area contributed by atoms with Crippen molar-refractivity contribution in [1.29, 1.82) is 0 Å². The third-order valence-corrected chi connectivity index (χ3v) is 4.05. The normalized spacial score (nSPS) is 10.2. The minimum absolute atomic E-state index is 0.112. The van der Waals surface area contributed by atoms with Crippen molar-refractivity contribution < 1.29 is 9.53 Å². The molecule has 0 saturated carbocycles. The Balaban J connectivity index is 2.03. The van der Waals surface area contributed by atoms with Gasteiger partial charge in [0.2, 0.25) is 0 Å². The van der Waals surface area contributed by atoms with Crippen LogP contribution in [0.2, 0.25) is 0 Å². The summed E-state index contributed by atoms with van der Waals surface area (Å²) in [5.74, 6) is 0.923. The number of benzene rings is 2. The molecule has 0 spiro atoms. The zero-order valence-corrected chi connectivity index (χ0v) is 13.3. The van der Waals surface area contributed by atoms with Gasteiger partial charge in [-0.1, -0.05) is 12.1 Å². The first-order valence-corrected chi connectivity index (χ1v) is 7.89. The third-order valence-electron chi connectivity index (χ3n) is 3.31. The topological polar surface area (TPSA) is 29.5 Å². The van der Waals surface area contributed by atoms with E-state index in [1.807, 2.05) is 66.7 Å². The highest BCUT2D eigenvalue weighted by atomic mass is 32.2. The molecule has 2 aromatic rings. The summed E-state index contributed by atoms with van der Waals surface area (Å²) in [6, 6.07) is 15.4. The van der Waals surface area contributed by atoms with E-state index in [0.29, 0.717) is 6.54 Å². The van der Waals surface area contributed by atoms with Crippen molar-refractivity contribution in [2.24, 2.45) is 0 Å². The molecule has 0 bridgehead atoms. The van der Waals surface area contributed by atoms with Crippen molar-refractivity contribution in [3.8, 4) is 5.75 Å². The van der Waals surface area contributed by atoms with E-state index in [0.717, 1.165) is 21.9 Å². The molecule has 3 nitrogen and oxygen atoms in total. The molecular weight excluding hydrogens is 282 g/mol. The maximum Gasteiger partial charge on any atom is 0.182 e. The summed E-state index contributed by atoms with van der Waals surface area (Å²) in [5, 5.41) is 0. The molecule has 0 radical (unpaired) electrons. The lowest BCUT2D eigenvalue weighted by Gasteiger charge is -2.18. The number of rotatable bonds is 6. The molecule has 0 unspecified atom stereocenters. The molecule has 4 heteroatoms. The Morgan fingerprint density at radius 3 is 2.24 bits per heavy atom. The number of Topliss-reactive ketones (excluding diaryl/α,β-unsaturated/α-hetero) is 1. The molecule has 0 aliphatic carbocycles. The number of hydrogen-bond donors (Lipinski definition) is 0. The number of thioether (sulfide) groups is 1. The van der Waals surface area contributed by atoms with Crippen LogP contribution in [0.3, 0.4) is 0 Å². The van der Waals surface area contributed by atoms with Crippen LogP contribution in [0.1, 0.15) is 10.4 Å². The van der Waals surface area contributed by atoms with Crippen molar-refractivity contribution in [2.45, 2.75) is 4.90 Å². The molecular formula is C17H19NO2S. The van der Waals surface area contributed by atoms with Crippen molar-refractivity contribution in [3.05, 3.63) is 54.1 Å². The highest BCUT2D eigenvalue weighted by Crippen LogP contribution is 2.19. The molecule has 0 saturated heterocycles. The molecule has 21 heavy (non-hydrogen) atoms. The summed E-state index contributed by atoms with van der Waals surface area (Å²) >= 11 is 1.67. The van der Waals surface area contributed by atoms with Gasteiger partial charge in [-0.2, -0.15) is 0 Å². The first-order valence-electron chi connectivity index (χ1n) is 6.66. The Labute approximate surface area is 129 Å². The maximum atomic E-state index is 12.3. The Hall–Kier alpha value is -1.94. The lowest BCUT2D eigenvalue weighted by Crippen LogP contribution is -2.25. The molecule has 2 aromatic carbocycles. The van der Waals surface area contributed by atoms with Crippen LogP contribution in [-0.2, 0) is 0 Å². The summed E-state index contributed by atoms with van der Waals surface area (Å²) in [6.45, 7) is 0.352. The van der Waals surface area contributed by atoms with E-state index in [1.165, 1.54) is 0 Å². The molecule has 0 heterocycles. The summed E-state index contributed by atoms with van der Waals surface area (Å²) < 4.78 is 5.13. The van der Waals surface area contributed by atoms with Gasteiger partial charge in [0, 0.05) is 23.2 Å². The fraction of sp³-hybridized carbons (Fsp3) is 0.235. The molecule has 0 aliphatic rings. The van der Waals surface area contributed by atoms with Gasteiger partial charge in [0.25, 0.3) is 0 Å². The molecule has 0 fully saturated rings. The smallest absolute Gasteiger partial charge is 0.182 e. The van der Waals surface area contributed by atoms with Gasteiger partial charge < -0.3 is 9.64 Å². The van der Waals surface area contributed by atoms with Gasteiger partial charge in [-0.15, -0.1) is 11.8 Å². The van der Waals surface area contributed by atoms with E-state index in [1.54, 1.807) is 18.9 Å². The maximum absolute atomic E-state index is 12.3. The summed E-state index contributed by atoms with van der Waals surface area (Å²) in [5.41, 5.74) is 1.73. The Bertz CT molecular complexity index is 593. The highest BCUT2D eigenvalue weighted by Gasteiger charge is 2.10. The quantitative estimate of drug-likeness (QED) is 0.600. The predicted octanol–water partition coefficient (Wildman–Crippen LogP) is 3.74. The fourth-order valence-electron chi connectivity index (χ4n) is 2.01. The fourth-order valence-corrected chi connectivity index (χ4v) is 2.42. The zero-order valence-electron chi connectivity index (χ0n) is 12.5. The van der Waals surface area contributed by atoms with Gasteiger partial charge >= 0.3 is 0 Å². The third kappa shape index (κ3) is 4.02. The van der Waals surface area contributed by atoms with Crippen LogP contribution in [0.15, 0.2) is 53.4 Å². The average molecular weight is 301 g/mol. The predicted molar refractivity (Wildman–Crippen MR) is 88.8 cm³/mol. The van der Waals surface area contributed by atoms with E-state index in [2.05, 4.69) is 0 Å². The van der Waals surface area contributed by atoms with E-state index < -0.39 is 0 Å². The molecule has 0 N–H and O–H groups in total. The monoisotopic (exact) mass is 301 g/mol. The van der Waals surface area contributed by atoms with Gasteiger partial charge in [0.15, 0.2) is 5.78 Å². The number of nitrogens with zero attached hydrogens (tertiary/aromatic N) is 1. The number of carbonyl (C=O) groups excluding carboxylic acids is 1. The molecule has 0 aromatic heterocycles. The van der Waals surface area contributed by atoms with Crippen molar-refractivity contribution in [3.63, 3.8) is 0 Å². The van der Waals surface area contributed by atoms with Gasteiger partial charge in [-0.05, 0) is 42.7 Å². The van der Waals surface area contributed by atoms with Crippen LogP contribution in [0.4, 0.5) is 5.69 Å². The second kappa shape index (κ2) is 7.18. The summed E-state index contributed by atoms with van der Waals surface area (Å²) in [6.07, 6.45) is 2.02. The molecule has 110 valence electrons. The number of ketones is 1. The largest absolute Gasteiger partial charge is 0.497 e. The number of likely N-dealkylation sites (N-methyl/N-ethyl adjacent to an activating group) is 1. The average Bonchev–Trinajstić information content (AvgIpc) is 2.55. The Morgan fingerprint density at radius 2 is 1.71 bits per heavy atom. The zero-order chi connectivity index (χ0) is 15.2. The van der Waals surface area contributed by atoms with Gasteiger partial charge in [-0.3, -0.25) is 4.79 Å². The van der Waals surface area contributed by atoms with E-state index in [4.69, 9.17) is 4.74 Å². The standard InChI is InChI=1S/C17H19NO2S/c1-18(14-6-8-15(20-2)9-7-14)12-17(19)13-4-10-16(21-3)11-5-13/h4-11H,12H2,1-3H3. The number of carbonyl (C=O) groups is 1. The number of hydrogen-bond acceptors (Lipinski definition) is 4.